The van der Waals surface area contributed by atoms with Crippen molar-refractivity contribution in [3.05, 3.63) is 38.7 Å². The molecule has 18 heavy (non-hydrogen) atoms. The Bertz CT molecular complexity index is 487. The Morgan fingerprint density at radius 2 is 2.11 bits per heavy atom. The zero-order chi connectivity index (χ0) is 13.1. The summed E-state index contributed by atoms with van der Waals surface area (Å²) in [5.41, 5.74) is 0. The number of cyclic esters (lactones) is 1. The van der Waals surface area contributed by atoms with Crippen LogP contribution in [0.25, 0.3) is 0 Å². The van der Waals surface area contributed by atoms with Crippen molar-refractivity contribution in [3.8, 4) is 0 Å². The van der Waals surface area contributed by atoms with Gasteiger partial charge in [0, 0.05) is 16.0 Å². The van der Waals surface area contributed by atoms with Gasteiger partial charge in [-0.2, -0.15) is 0 Å². The topological polar surface area (TPSA) is 35.5 Å². The van der Waals surface area contributed by atoms with Gasteiger partial charge in [0.15, 0.2) is 0 Å². The van der Waals surface area contributed by atoms with Gasteiger partial charge in [-0.1, -0.05) is 39.3 Å². The number of thioether (sulfide) groups is 1. The lowest BCUT2D eigenvalue weighted by Gasteiger charge is -2.13. The van der Waals surface area contributed by atoms with Gasteiger partial charge in [-0.25, -0.2) is 4.79 Å². The summed E-state index contributed by atoms with van der Waals surface area (Å²) in [4.78, 5) is 13.0. The number of carbonyl (C=O) groups is 1. The molecule has 0 saturated carbocycles. The molecule has 1 aromatic rings. The molecule has 6 heteroatoms. The number of benzene rings is 1. The maximum atomic E-state index is 11.4. The van der Waals surface area contributed by atoms with E-state index in [1.165, 1.54) is 11.8 Å². The van der Waals surface area contributed by atoms with Crippen molar-refractivity contribution in [1.82, 2.24) is 0 Å². The maximum absolute atomic E-state index is 11.4. The first kappa shape index (κ1) is 13.9. The standard InChI is InChI=1S/C12H10BrClO3S/c1-2-16-12-10(9(14)11(15)17-12)18-8-5-3-7(13)4-6-8/h3-6,12H,2H2,1H3. The fraction of sp³-hybridized carbons (Fsp3) is 0.250. The summed E-state index contributed by atoms with van der Waals surface area (Å²) in [5.74, 6) is -0.533. The second kappa shape index (κ2) is 6.10. The Morgan fingerprint density at radius 3 is 2.72 bits per heavy atom. The van der Waals surface area contributed by atoms with Crippen LogP contribution in [0.15, 0.2) is 43.6 Å². The monoisotopic (exact) mass is 348 g/mol. The smallest absolute Gasteiger partial charge is 0.353 e. The van der Waals surface area contributed by atoms with Crippen LogP contribution in [0.1, 0.15) is 6.92 Å². The first-order chi connectivity index (χ1) is 8.61. The normalized spacial score (nSPS) is 19.3. The molecule has 1 aliphatic rings. The van der Waals surface area contributed by atoms with Gasteiger partial charge in [0.1, 0.15) is 5.03 Å². The van der Waals surface area contributed by atoms with E-state index in [1.807, 2.05) is 31.2 Å². The molecule has 0 amide bonds. The van der Waals surface area contributed by atoms with Crippen molar-refractivity contribution in [2.45, 2.75) is 18.1 Å². The van der Waals surface area contributed by atoms with Crippen LogP contribution in [0.5, 0.6) is 0 Å². The van der Waals surface area contributed by atoms with Gasteiger partial charge in [-0.05, 0) is 31.2 Å². The average Bonchev–Trinajstić information content (AvgIpc) is 2.60. The molecule has 3 nitrogen and oxygen atoms in total. The van der Waals surface area contributed by atoms with E-state index in [1.54, 1.807) is 0 Å². The van der Waals surface area contributed by atoms with E-state index >= 15 is 0 Å². The minimum atomic E-state index is -0.691. The lowest BCUT2D eigenvalue weighted by molar-refractivity contribution is -0.157. The second-order valence-corrected chi connectivity index (χ2v) is 5.84. The molecule has 1 atom stereocenters. The van der Waals surface area contributed by atoms with E-state index in [2.05, 4.69) is 15.9 Å². The van der Waals surface area contributed by atoms with E-state index in [4.69, 9.17) is 21.1 Å². The molecule has 96 valence electrons. The summed E-state index contributed by atoms with van der Waals surface area (Å²) in [5, 5.41) is 0.0985. The second-order valence-electron chi connectivity index (χ2n) is 3.43. The summed E-state index contributed by atoms with van der Waals surface area (Å²) < 4.78 is 11.4. The quantitative estimate of drug-likeness (QED) is 0.772. The Labute approximate surface area is 123 Å². The molecule has 1 aliphatic heterocycles. The summed E-state index contributed by atoms with van der Waals surface area (Å²) in [6.07, 6.45) is -0.691. The molecule has 1 aromatic carbocycles. The van der Waals surface area contributed by atoms with Crippen LogP contribution in [-0.2, 0) is 14.3 Å². The van der Waals surface area contributed by atoms with Gasteiger partial charge in [0.05, 0.1) is 4.91 Å². The third-order valence-electron chi connectivity index (χ3n) is 2.18. The van der Waals surface area contributed by atoms with Crippen LogP contribution in [0.4, 0.5) is 0 Å². The van der Waals surface area contributed by atoms with Crippen LogP contribution >= 0.6 is 39.3 Å². The highest BCUT2D eigenvalue weighted by atomic mass is 79.9. The SMILES string of the molecule is CCOC1OC(=O)C(Cl)=C1Sc1ccc(Br)cc1. The van der Waals surface area contributed by atoms with Gasteiger partial charge in [0.2, 0.25) is 6.29 Å². The Hall–Kier alpha value is -0.490. The molecule has 0 aliphatic carbocycles. The van der Waals surface area contributed by atoms with Crippen molar-refractivity contribution in [2.75, 3.05) is 6.61 Å². The summed E-state index contributed by atoms with van der Waals surface area (Å²) in [6.45, 7) is 2.29. The molecule has 0 N–H and O–H groups in total. The minimum absolute atomic E-state index is 0.0985. The fourth-order valence-electron chi connectivity index (χ4n) is 1.39. The summed E-state index contributed by atoms with van der Waals surface area (Å²) >= 11 is 10.7. The van der Waals surface area contributed by atoms with Crippen molar-refractivity contribution >= 4 is 45.3 Å². The average molecular weight is 350 g/mol. The molecule has 1 unspecified atom stereocenters. The van der Waals surface area contributed by atoms with Crippen molar-refractivity contribution in [3.63, 3.8) is 0 Å². The van der Waals surface area contributed by atoms with Crippen molar-refractivity contribution in [2.24, 2.45) is 0 Å². The summed E-state index contributed by atoms with van der Waals surface area (Å²) in [6, 6.07) is 7.70. The van der Waals surface area contributed by atoms with Crippen molar-refractivity contribution in [1.29, 1.82) is 0 Å². The van der Waals surface area contributed by atoms with Crippen LogP contribution in [0.3, 0.4) is 0 Å². The fourth-order valence-corrected chi connectivity index (χ4v) is 2.82. The van der Waals surface area contributed by atoms with Gasteiger partial charge in [-0.15, -0.1) is 0 Å². The van der Waals surface area contributed by atoms with Crippen LogP contribution in [0.2, 0.25) is 0 Å². The third kappa shape index (κ3) is 3.09. The minimum Gasteiger partial charge on any atom is -0.426 e. The van der Waals surface area contributed by atoms with Gasteiger partial charge < -0.3 is 9.47 Å². The highest BCUT2D eigenvalue weighted by molar-refractivity contribution is 9.10. The largest absolute Gasteiger partial charge is 0.426 e. The van der Waals surface area contributed by atoms with Gasteiger partial charge in [-0.3, -0.25) is 0 Å². The van der Waals surface area contributed by atoms with Crippen LogP contribution in [0, 0.1) is 0 Å². The maximum Gasteiger partial charge on any atom is 0.353 e. The van der Waals surface area contributed by atoms with E-state index < -0.39 is 12.3 Å². The molecule has 0 aromatic heterocycles. The number of ether oxygens (including phenoxy) is 2. The van der Waals surface area contributed by atoms with Crippen LogP contribution in [-0.4, -0.2) is 18.9 Å². The molecule has 0 bridgehead atoms. The van der Waals surface area contributed by atoms with E-state index in [9.17, 15) is 4.79 Å². The van der Waals surface area contributed by atoms with E-state index in [0.29, 0.717) is 11.5 Å². The van der Waals surface area contributed by atoms with Crippen molar-refractivity contribution < 1.29 is 14.3 Å². The third-order valence-corrected chi connectivity index (χ3v) is 4.31. The first-order valence-electron chi connectivity index (χ1n) is 5.27. The predicted octanol–water partition coefficient (Wildman–Crippen LogP) is 3.91. The summed E-state index contributed by atoms with van der Waals surface area (Å²) in [7, 11) is 0. The molecule has 0 saturated heterocycles. The highest BCUT2D eigenvalue weighted by Crippen LogP contribution is 2.39. The predicted molar refractivity (Wildman–Crippen MR) is 74.4 cm³/mol. The molecule has 0 spiro atoms. The number of carbonyl (C=O) groups excluding carboxylic acids is 1. The zero-order valence-corrected chi connectivity index (χ0v) is 12.6. The molecular weight excluding hydrogens is 340 g/mol. The molecule has 0 radical (unpaired) electrons. The number of esters is 1. The molecule has 2 rings (SSSR count). The number of hydrogen-bond acceptors (Lipinski definition) is 4. The zero-order valence-electron chi connectivity index (χ0n) is 9.48. The Balaban J connectivity index is 2.19. The molecule has 1 heterocycles. The lowest BCUT2D eigenvalue weighted by Crippen LogP contribution is -2.14. The van der Waals surface area contributed by atoms with E-state index in [-0.39, 0.29) is 5.03 Å². The Morgan fingerprint density at radius 1 is 1.44 bits per heavy atom. The number of halogens is 2. The number of rotatable bonds is 4. The highest BCUT2D eigenvalue weighted by Gasteiger charge is 2.34. The van der Waals surface area contributed by atoms with E-state index in [0.717, 1.165) is 9.37 Å². The molecule has 0 fully saturated rings. The first-order valence-corrected chi connectivity index (χ1v) is 7.26. The van der Waals surface area contributed by atoms with Gasteiger partial charge in [0.25, 0.3) is 0 Å². The van der Waals surface area contributed by atoms with Crippen LogP contribution < -0.4 is 0 Å². The lowest BCUT2D eigenvalue weighted by atomic mass is 10.4. The number of hydrogen-bond donors (Lipinski definition) is 0. The molecular formula is C12H10BrClO3S. The Kier molecular flexibility index (Phi) is 4.72. The van der Waals surface area contributed by atoms with Gasteiger partial charge >= 0.3 is 5.97 Å².